The summed E-state index contributed by atoms with van der Waals surface area (Å²) in [4.78, 5) is 2.64. The van der Waals surface area contributed by atoms with Gasteiger partial charge in [0.05, 0.1) is 0 Å². The van der Waals surface area contributed by atoms with E-state index in [-0.39, 0.29) is 0 Å². The Labute approximate surface area is 99.8 Å². The number of fused-ring (bicyclic) bond motifs is 2. The maximum absolute atomic E-state index is 4.00. The van der Waals surface area contributed by atoms with Crippen molar-refractivity contribution in [3.63, 3.8) is 0 Å². The summed E-state index contributed by atoms with van der Waals surface area (Å²) in [6.07, 6.45) is 5.67. The zero-order valence-corrected chi connectivity index (χ0v) is 10.8. The highest BCUT2D eigenvalue weighted by Gasteiger charge is 2.37. The summed E-state index contributed by atoms with van der Waals surface area (Å²) >= 11 is 0. The Morgan fingerprint density at radius 1 is 0.938 bits per heavy atom. The molecule has 2 heterocycles. The van der Waals surface area contributed by atoms with E-state index in [9.17, 15) is 0 Å². The van der Waals surface area contributed by atoms with Crippen LogP contribution in [-0.4, -0.2) is 36.6 Å². The molecule has 1 saturated carbocycles. The molecule has 1 N–H and O–H groups in total. The van der Waals surface area contributed by atoms with Crippen molar-refractivity contribution in [1.29, 1.82) is 0 Å². The molecule has 0 radical (unpaired) electrons. The van der Waals surface area contributed by atoms with Crippen molar-refractivity contribution in [3.8, 4) is 0 Å². The van der Waals surface area contributed by atoms with E-state index in [0.717, 1.165) is 29.8 Å². The third-order valence-electron chi connectivity index (χ3n) is 5.53. The van der Waals surface area contributed by atoms with Crippen molar-refractivity contribution >= 4 is 0 Å². The van der Waals surface area contributed by atoms with Crippen LogP contribution in [0.1, 0.15) is 39.5 Å². The summed E-state index contributed by atoms with van der Waals surface area (Å²) in [6.45, 7) is 8.93. The third-order valence-corrected chi connectivity index (χ3v) is 5.53. The molecule has 2 aliphatic heterocycles. The molecule has 3 rings (SSSR count). The lowest BCUT2D eigenvalue weighted by atomic mass is 9.91. The summed E-state index contributed by atoms with van der Waals surface area (Å²) in [5, 5.41) is 4.00. The lowest BCUT2D eigenvalue weighted by molar-refractivity contribution is 0.199. The van der Waals surface area contributed by atoms with Gasteiger partial charge in [-0.05, 0) is 56.5 Å². The summed E-state index contributed by atoms with van der Waals surface area (Å²) < 4.78 is 0. The van der Waals surface area contributed by atoms with Gasteiger partial charge in [-0.15, -0.1) is 0 Å². The number of nitrogens with zero attached hydrogens (tertiary/aromatic N) is 1. The molecule has 16 heavy (non-hydrogen) atoms. The van der Waals surface area contributed by atoms with Crippen molar-refractivity contribution in [2.24, 2.45) is 17.8 Å². The fourth-order valence-electron chi connectivity index (χ4n) is 4.05. The molecule has 2 bridgehead atoms. The van der Waals surface area contributed by atoms with Gasteiger partial charge in [0, 0.05) is 18.6 Å². The second kappa shape index (κ2) is 4.30. The highest BCUT2D eigenvalue weighted by Crippen LogP contribution is 2.34. The average molecular weight is 222 g/mol. The molecule has 92 valence electrons. The Balaban J connectivity index is 1.58. The summed E-state index contributed by atoms with van der Waals surface area (Å²) in [7, 11) is 0. The molecule has 0 aromatic carbocycles. The van der Waals surface area contributed by atoms with E-state index in [2.05, 4.69) is 24.1 Å². The lowest BCUT2D eigenvalue weighted by Gasteiger charge is -2.34. The minimum Gasteiger partial charge on any atom is -0.311 e. The van der Waals surface area contributed by atoms with E-state index in [1.165, 1.54) is 45.3 Å². The standard InChI is InChI=1S/C14H26N2/c1-10-3-4-13(11(10)2)15-14-6-8-16-7-5-12(14)9-16/h10-15H,3-9H2,1-2H3. The molecule has 2 heteroatoms. The summed E-state index contributed by atoms with van der Waals surface area (Å²) in [6, 6.07) is 1.64. The Kier molecular flexibility index (Phi) is 2.97. The Morgan fingerprint density at radius 2 is 1.75 bits per heavy atom. The normalized spacial score (nSPS) is 52.1. The second-order valence-electron chi connectivity index (χ2n) is 6.43. The summed E-state index contributed by atoms with van der Waals surface area (Å²) in [5.74, 6) is 2.78. The Hall–Kier alpha value is -0.0800. The van der Waals surface area contributed by atoms with Crippen LogP contribution in [0.15, 0.2) is 0 Å². The molecule has 1 aliphatic carbocycles. The van der Waals surface area contributed by atoms with E-state index in [4.69, 9.17) is 0 Å². The number of rotatable bonds is 2. The van der Waals surface area contributed by atoms with Crippen LogP contribution >= 0.6 is 0 Å². The van der Waals surface area contributed by atoms with Gasteiger partial charge >= 0.3 is 0 Å². The third kappa shape index (κ3) is 1.91. The zero-order valence-electron chi connectivity index (χ0n) is 10.8. The van der Waals surface area contributed by atoms with E-state index >= 15 is 0 Å². The second-order valence-corrected chi connectivity index (χ2v) is 6.43. The van der Waals surface area contributed by atoms with Gasteiger partial charge in [-0.3, -0.25) is 0 Å². The van der Waals surface area contributed by atoms with Crippen LogP contribution in [0.4, 0.5) is 0 Å². The van der Waals surface area contributed by atoms with Crippen LogP contribution < -0.4 is 5.32 Å². The molecule has 6 unspecified atom stereocenters. The van der Waals surface area contributed by atoms with Crippen molar-refractivity contribution in [2.45, 2.75) is 51.6 Å². The van der Waals surface area contributed by atoms with Crippen LogP contribution in [0.25, 0.3) is 0 Å². The SMILES string of the molecule is CC1CCC(NC2CCN3CCC2C3)C1C. The Bertz CT molecular complexity index is 253. The van der Waals surface area contributed by atoms with Crippen LogP contribution in [-0.2, 0) is 0 Å². The minimum atomic E-state index is 0.812. The predicted octanol–water partition coefficient (Wildman–Crippen LogP) is 2.10. The number of nitrogens with one attached hydrogen (secondary N) is 1. The zero-order chi connectivity index (χ0) is 11.1. The summed E-state index contributed by atoms with van der Waals surface area (Å²) in [5.41, 5.74) is 0. The van der Waals surface area contributed by atoms with Gasteiger partial charge in [0.15, 0.2) is 0 Å². The molecular formula is C14H26N2. The van der Waals surface area contributed by atoms with Crippen molar-refractivity contribution < 1.29 is 0 Å². The van der Waals surface area contributed by atoms with Gasteiger partial charge in [-0.25, -0.2) is 0 Å². The highest BCUT2D eigenvalue weighted by molar-refractivity contribution is 4.94. The van der Waals surface area contributed by atoms with E-state index in [1.54, 1.807) is 0 Å². The quantitative estimate of drug-likeness (QED) is 0.770. The molecule has 0 spiro atoms. The van der Waals surface area contributed by atoms with Crippen LogP contribution in [0.2, 0.25) is 0 Å². The Morgan fingerprint density at radius 3 is 2.50 bits per heavy atom. The molecule has 0 aromatic heterocycles. The molecule has 0 aromatic rings. The molecule has 3 aliphatic rings. The number of hydrogen-bond donors (Lipinski definition) is 1. The first-order chi connectivity index (χ1) is 7.74. The van der Waals surface area contributed by atoms with Crippen molar-refractivity contribution in [3.05, 3.63) is 0 Å². The molecule has 2 saturated heterocycles. The topological polar surface area (TPSA) is 15.3 Å². The molecule has 2 nitrogen and oxygen atoms in total. The largest absolute Gasteiger partial charge is 0.311 e. The molecular weight excluding hydrogens is 196 g/mol. The minimum absolute atomic E-state index is 0.812. The average Bonchev–Trinajstić information content (AvgIpc) is 2.81. The van der Waals surface area contributed by atoms with Crippen molar-refractivity contribution in [2.75, 3.05) is 19.6 Å². The fourth-order valence-corrected chi connectivity index (χ4v) is 4.05. The van der Waals surface area contributed by atoms with Gasteiger partial charge in [-0.1, -0.05) is 13.8 Å². The highest BCUT2D eigenvalue weighted by atomic mass is 15.2. The fraction of sp³-hybridized carbons (Fsp3) is 1.00. The maximum atomic E-state index is 4.00. The lowest BCUT2D eigenvalue weighted by Crippen LogP contribution is -2.48. The maximum Gasteiger partial charge on any atom is 0.0123 e. The van der Waals surface area contributed by atoms with Gasteiger partial charge in [0.2, 0.25) is 0 Å². The predicted molar refractivity (Wildman–Crippen MR) is 67.4 cm³/mol. The van der Waals surface area contributed by atoms with Gasteiger partial charge in [0.25, 0.3) is 0 Å². The number of hydrogen-bond acceptors (Lipinski definition) is 2. The smallest absolute Gasteiger partial charge is 0.0123 e. The molecule has 0 amide bonds. The molecule has 3 fully saturated rings. The van der Waals surface area contributed by atoms with Gasteiger partial charge in [-0.2, -0.15) is 0 Å². The van der Waals surface area contributed by atoms with Gasteiger partial charge < -0.3 is 10.2 Å². The van der Waals surface area contributed by atoms with Crippen molar-refractivity contribution in [1.82, 2.24) is 10.2 Å². The first-order valence-corrected chi connectivity index (χ1v) is 7.22. The first-order valence-electron chi connectivity index (χ1n) is 7.22. The molecule has 6 atom stereocenters. The van der Waals surface area contributed by atoms with E-state index in [1.807, 2.05) is 0 Å². The van der Waals surface area contributed by atoms with E-state index in [0.29, 0.717) is 0 Å². The first kappa shape index (κ1) is 11.0. The number of piperidine rings is 1. The van der Waals surface area contributed by atoms with Crippen LogP contribution in [0, 0.1) is 17.8 Å². The van der Waals surface area contributed by atoms with Crippen LogP contribution in [0.5, 0.6) is 0 Å². The van der Waals surface area contributed by atoms with Gasteiger partial charge in [0.1, 0.15) is 0 Å². The monoisotopic (exact) mass is 222 g/mol. The van der Waals surface area contributed by atoms with Crippen LogP contribution in [0.3, 0.4) is 0 Å². The van der Waals surface area contributed by atoms with E-state index < -0.39 is 0 Å².